The Morgan fingerprint density at radius 3 is 2.09 bits per heavy atom. The molecule has 2 aromatic rings. The van der Waals surface area contributed by atoms with Gasteiger partial charge in [-0.15, -0.1) is 0 Å². The molecule has 1 unspecified atom stereocenters. The van der Waals surface area contributed by atoms with Crippen LogP contribution in [0, 0.1) is 0 Å². The number of nitrogens with two attached hydrogens (primary N) is 1. The number of rotatable bonds is 4. The van der Waals surface area contributed by atoms with Gasteiger partial charge in [0.15, 0.2) is 0 Å². The fourth-order valence-corrected chi connectivity index (χ4v) is 2.86. The molecule has 5 heteroatoms. The second-order valence-corrected chi connectivity index (χ2v) is 5.73. The van der Waals surface area contributed by atoms with Gasteiger partial charge in [-0.1, -0.05) is 41.9 Å². The maximum absolute atomic E-state index is 12.3. The molecule has 1 heterocycles. The lowest BCUT2D eigenvalue weighted by molar-refractivity contribution is 0.0644. The zero-order chi connectivity index (χ0) is 15.7. The monoisotopic (exact) mass is 314 g/mol. The molecule has 1 aliphatic rings. The highest BCUT2D eigenvalue weighted by molar-refractivity contribution is 6.31. The Morgan fingerprint density at radius 1 is 0.955 bits per heavy atom. The Kier molecular flexibility index (Phi) is 3.96. The predicted octanol–water partition coefficient (Wildman–Crippen LogP) is 2.51. The molecule has 0 saturated carbocycles. The van der Waals surface area contributed by atoms with Crippen LogP contribution in [0.15, 0.2) is 48.5 Å². The lowest BCUT2D eigenvalue weighted by atomic mass is 10.1. The normalized spacial score (nSPS) is 15.1. The molecule has 0 saturated heterocycles. The number of amides is 2. The van der Waals surface area contributed by atoms with E-state index in [1.807, 2.05) is 18.2 Å². The number of benzene rings is 2. The van der Waals surface area contributed by atoms with E-state index < -0.39 is 0 Å². The van der Waals surface area contributed by atoms with E-state index >= 15 is 0 Å². The fraction of sp³-hybridized carbons (Fsp3) is 0.176. The minimum absolute atomic E-state index is 0.178. The number of imide groups is 1. The maximum Gasteiger partial charge on any atom is 0.261 e. The van der Waals surface area contributed by atoms with Gasteiger partial charge in [0, 0.05) is 17.6 Å². The molecule has 1 aliphatic heterocycles. The van der Waals surface area contributed by atoms with Gasteiger partial charge in [-0.05, 0) is 30.2 Å². The Labute approximate surface area is 133 Å². The average Bonchev–Trinajstić information content (AvgIpc) is 2.75. The van der Waals surface area contributed by atoms with Crippen LogP contribution in [0.4, 0.5) is 0 Å². The van der Waals surface area contributed by atoms with Gasteiger partial charge in [0.2, 0.25) is 0 Å². The second kappa shape index (κ2) is 5.91. The van der Waals surface area contributed by atoms with Crippen molar-refractivity contribution in [3.8, 4) is 0 Å². The summed E-state index contributed by atoms with van der Waals surface area (Å²) in [5.41, 5.74) is 7.90. The van der Waals surface area contributed by atoms with Gasteiger partial charge in [0.25, 0.3) is 11.8 Å². The number of hydrogen-bond acceptors (Lipinski definition) is 3. The van der Waals surface area contributed by atoms with Crippen LogP contribution in [0.2, 0.25) is 5.02 Å². The Balaban J connectivity index is 1.73. The van der Waals surface area contributed by atoms with E-state index in [9.17, 15) is 9.59 Å². The Bertz CT molecular complexity index is 710. The van der Waals surface area contributed by atoms with Gasteiger partial charge in [-0.3, -0.25) is 14.5 Å². The number of fused-ring (bicyclic) bond motifs is 1. The van der Waals surface area contributed by atoms with Crippen LogP contribution in [-0.4, -0.2) is 29.3 Å². The number of nitrogens with zero attached hydrogens (tertiary/aromatic N) is 1. The molecule has 0 bridgehead atoms. The molecule has 0 spiro atoms. The SMILES string of the molecule is NC(Cc1ccccc1Cl)CN1C(=O)c2ccccc2C1=O. The van der Waals surface area contributed by atoms with Crippen LogP contribution in [0.5, 0.6) is 0 Å². The Morgan fingerprint density at radius 2 is 1.50 bits per heavy atom. The molecule has 2 amide bonds. The van der Waals surface area contributed by atoms with Crippen molar-refractivity contribution < 1.29 is 9.59 Å². The molecule has 112 valence electrons. The maximum atomic E-state index is 12.3. The first-order valence-corrected chi connectivity index (χ1v) is 7.40. The zero-order valence-corrected chi connectivity index (χ0v) is 12.6. The largest absolute Gasteiger partial charge is 0.326 e. The first kappa shape index (κ1) is 14.8. The molecule has 2 aromatic carbocycles. The summed E-state index contributed by atoms with van der Waals surface area (Å²) >= 11 is 6.11. The molecule has 0 aliphatic carbocycles. The summed E-state index contributed by atoms with van der Waals surface area (Å²) in [4.78, 5) is 25.8. The summed E-state index contributed by atoms with van der Waals surface area (Å²) in [6.07, 6.45) is 0.507. The van der Waals surface area contributed by atoms with Crippen molar-refractivity contribution >= 4 is 23.4 Å². The summed E-state index contributed by atoms with van der Waals surface area (Å²) in [6, 6.07) is 13.9. The van der Waals surface area contributed by atoms with Crippen molar-refractivity contribution in [2.45, 2.75) is 12.5 Å². The lowest BCUT2D eigenvalue weighted by Gasteiger charge is -2.19. The first-order chi connectivity index (χ1) is 10.6. The fourth-order valence-electron chi connectivity index (χ4n) is 2.65. The number of hydrogen-bond donors (Lipinski definition) is 1. The summed E-state index contributed by atoms with van der Waals surface area (Å²) in [5, 5.41) is 0.639. The van der Waals surface area contributed by atoms with Gasteiger partial charge in [0.1, 0.15) is 0 Å². The molecular weight excluding hydrogens is 300 g/mol. The van der Waals surface area contributed by atoms with Crippen molar-refractivity contribution in [2.75, 3.05) is 6.54 Å². The minimum atomic E-state index is -0.359. The molecule has 1 atom stereocenters. The highest BCUT2D eigenvalue weighted by Gasteiger charge is 2.35. The highest BCUT2D eigenvalue weighted by Crippen LogP contribution is 2.23. The quantitative estimate of drug-likeness (QED) is 0.882. The lowest BCUT2D eigenvalue weighted by Crippen LogP contribution is -2.41. The molecule has 0 aromatic heterocycles. The third-order valence-corrected chi connectivity index (χ3v) is 4.10. The second-order valence-electron chi connectivity index (χ2n) is 5.32. The zero-order valence-electron chi connectivity index (χ0n) is 11.8. The van der Waals surface area contributed by atoms with E-state index in [2.05, 4.69) is 0 Å². The van der Waals surface area contributed by atoms with Gasteiger partial charge in [-0.25, -0.2) is 0 Å². The summed E-state index contributed by atoms with van der Waals surface area (Å²) in [7, 11) is 0. The van der Waals surface area contributed by atoms with Crippen molar-refractivity contribution in [2.24, 2.45) is 5.73 Å². The van der Waals surface area contributed by atoms with Crippen LogP contribution in [0.3, 0.4) is 0 Å². The van der Waals surface area contributed by atoms with E-state index in [4.69, 9.17) is 17.3 Å². The van der Waals surface area contributed by atoms with Crippen molar-refractivity contribution in [3.63, 3.8) is 0 Å². The topological polar surface area (TPSA) is 63.4 Å². The van der Waals surface area contributed by atoms with Crippen molar-refractivity contribution in [1.29, 1.82) is 0 Å². The third kappa shape index (κ3) is 2.63. The molecule has 4 nitrogen and oxygen atoms in total. The Hall–Kier alpha value is -2.17. The molecule has 22 heavy (non-hydrogen) atoms. The van der Waals surface area contributed by atoms with Crippen LogP contribution in [-0.2, 0) is 6.42 Å². The van der Waals surface area contributed by atoms with Crippen LogP contribution < -0.4 is 5.73 Å². The smallest absolute Gasteiger partial charge is 0.261 e. The summed E-state index contributed by atoms with van der Waals surface area (Å²) in [6.45, 7) is 0.178. The van der Waals surface area contributed by atoms with E-state index in [1.54, 1.807) is 30.3 Å². The summed E-state index contributed by atoms with van der Waals surface area (Å²) in [5.74, 6) is -0.564. The van der Waals surface area contributed by atoms with Crippen LogP contribution in [0.1, 0.15) is 26.3 Å². The summed E-state index contributed by atoms with van der Waals surface area (Å²) < 4.78 is 0. The molecular formula is C17H15ClN2O2. The van der Waals surface area contributed by atoms with Crippen LogP contribution in [0.25, 0.3) is 0 Å². The van der Waals surface area contributed by atoms with E-state index in [1.165, 1.54) is 4.90 Å². The van der Waals surface area contributed by atoms with Crippen molar-refractivity contribution in [1.82, 2.24) is 4.90 Å². The molecule has 0 fully saturated rings. The van der Waals surface area contributed by atoms with Crippen LogP contribution >= 0.6 is 11.6 Å². The third-order valence-electron chi connectivity index (χ3n) is 3.74. The number of carbonyl (C=O) groups is 2. The first-order valence-electron chi connectivity index (χ1n) is 7.02. The predicted molar refractivity (Wildman–Crippen MR) is 84.9 cm³/mol. The highest BCUT2D eigenvalue weighted by atomic mass is 35.5. The van der Waals surface area contributed by atoms with E-state index in [0.29, 0.717) is 22.6 Å². The van der Waals surface area contributed by atoms with Gasteiger partial charge in [-0.2, -0.15) is 0 Å². The molecule has 3 rings (SSSR count). The van der Waals surface area contributed by atoms with Crippen molar-refractivity contribution in [3.05, 3.63) is 70.2 Å². The van der Waals surface area contributed by atoms with Gasteiger partial charge in [0.05, 0.1) is 11.1 Å². The minimum Gasteiger partial charge on any atom is -0.326 e. The molecule has 0 radical (unpaired) electrons. The number of halogens is 1. The standard InChI is InChI=1S/C17H15ClN2O2/c18-15-8-4-1-5-11(15)9-12(19)10-20-16(21)13-6-2-3-7-14(13)17(20)22/h1-8,12H,9-10,19H2. The molecule has 2 N–H and O–H groups in total. The van der Waals surface area contributed by atoms with Gasteiger partial charge < -0.3 is 5.73 Å². The van der Waals surface area contributed by atoms with E-state index in [0.717, 1.165) is 5.56 Å². The van der Waals surface area contributed by atoms with E-state index in [-0.39, 0.29) is 24.4 Å². The van der Waals surface area contributed by atoms with Gasteiger partial charge >= 0.3 is 0 Å². The average molecular weight is 315 g/mol. The number of carbonyl (C=O) groups excluding carboxylic acids is 2.